The van der Waals surface area contributed by atoms with E-state index in [0.29, 0.717) is 0 Å². The van der Waals surface area contributed by atoms with Gasteiger partial charge in [-0.2, -0.15) is 0 Å². The van der Waals surface area contributed by atoms with Crippen LogP contribution in [0.5, 0.6) is 0 Å². The molecule has 7 heavy (non-hydrogen) atoms. The molecule has 3 nitrogen and oxygen atoms in total. The van der Waals surface area contributed by atoms with Gasteiger partial charge in [-0.1, -0.05) is 0 Å². The van der Waals surface area contributed by atoms with Crippen molar-refractivity contribution in [2.24, 2.45) is 0 Å². The Morgan fingerprint density at radius 3 is 2.71 bits per heavy atom. The number of nitrogens with zero attached hydrogens (tertiary/aromatic N) is 3. The first-order valence-corrected chi connectivity index (χ1v) is 2.00. The van der Waals surface area contributed by atoms with E-state index in [1.54, 1.807) is 12.3 Å². The Hall–Kier alpha value is -0.393. The summed E-state index contributed by atoms with van der Waals surface area (Å²) in [6.45, 7) is 0. The van der Waals surface area contributed by atoms with Crippen molar-refractivity contribution in [1.82, 2.24) is 15.4 Å². The topological polar surface area (TPSA) is 38.7 Å². The van der Waals surface area contributed by atoms with Crippen LogP contribution in [0.15, 0.2) is 12.3 Å². The van der Waals surface area contributed by atoms with Gasteiger partial charge < -0.3 is 0 Å². The minimum absolute atomic E-state index is 0.898. The molecule has 0 radical (unpaired) electrons. The first-order valence-electron chi connectivity index (χ1n) is 2.00. The second-order valence-corrected chi connectivity index (χ2v) is 1.26. The second kappa shape index (κ2) is 2.06. The molecule has 0 aliphatic rings. The summed E-state index contributed by atoms with van der Waals surface area (Å²) in [4.78, 5) is 0. The summed E-state index contributed by atoms with van der Waals surface area (Å²) in [5.74, 6) is 0. The Kier molecular flexibility index (Phi) is 1.40. The summed E-state index contributed by atoms with van der Waals surface area (Å²) in [5, 5.41) is 10.5. The first-order chi connectivity index (χ1) is 3.39. The van der Waals surface area contributed by atoms with Crippen LogP contribution in [0.2, 0.25) is 0 Å². The van der Waals surface area contributed by atoms with Gasteiger partial charge in [0.2, 0.25) is 0 Å². The first kappa shape index (κ1) is 4.76. The summed E-state index contributed by atoms with van der Waals surface area (Å²) in [7, 11) is 0. The van der Waals surface area contributed by atoms with Crippen LogP contribution < -0.4 is 4.37 Å². The van der Waals surface area contributed by atoms with Crippen LogP contribution in [0.25, 0.3) is 0 Å². The Bertz CT molecular complexity index is 140. The summed E-state index contributed by atoms with van der Waals surface area (Å²) < 4.78 is 0.898. The van der Waals surface area contributed by atoms with E-state index in [2.05, 4.69) is 15.4 Å². The molecule has 0 spiro atoms. The fraction of sp³-hybridized carbons (Fsp3) is 0. The van der Waals surface area contributed by atoms with Gasteiger partial charge in [-0.15, -0.1) is 0 Å². The van der Waals surface area contributed by atoms with Crippen LogP contribution in [0, 0.1) is 0 Å². The molecule has 0 aliphatic carbocycles. The number of hydrogen-bond acceptors (Lipinski definition) is 3. The SMILES string of the molecule is [Li][c]1ccnnn1. The zero-order valence-electron chi connectivity index (χ0n) is 4.00. The van der Waals surface area contributed by atoms with E-state index in [1.165, 1.54) is 0 Å². The molecule has 1 heterocycles. The molecule has 0 amide bonds. The van der Waals surface area contributed by atoms with E-state index in [0.717, 1.165) is 4.37 Å². The molecule has 0 fully saturated rings. The van der Waals surface area contributed by atoms with Gasteiger partial charge in [-0.25, -0.2) is 0 Å². The normalized spacial score (nSPS) is 8.86. The molecule has 1 aromatic heterocycles. The van der Waals surface area contributed by atoms with Gasteiger partial charge in [-0.05, 0) is 0 Å². The fourth-order valence-electron chi connectivity index (χ4n) is 0.301. The molecule has 0 N–H and O–H groups in total. The van der Waals surface area contributed by atoms with Gasteiger partial charge in [0.05, 0.1) is 0 Å². The number of aromatic nitrogens is 3. The van der Waals surface area contributed by atoms with E-state index in [4.69, 9.17) is 0 Å². The van der Waals surface area contributed by atoms with Gasteiger partial charge in [0.1, 0.15) is 0 Å². The Morgan fingerprint density at radius 2 is 2.43 bits per heavy atom. The monoisotopic (exact) mass is 87.0 g/mol. The molecule has 0 aromatic carbocycles. The van der Waals surface area contributed by atoms with Crippen LogP contribution in [0.3, 0.4) is 0 Å². The van der Waals surface area contributed by atoms with Crippen molar-refractivity contribution in [2.45, 2.75) is 0 Å². The van der Waals surface area contributed by atoms with Gasteiger partial charge in [0.25, 0.3) is 0 Å². The Balaban J connectivity index is 3.02. The van der Waals surface area contributed by atoms with Gasteiger partial charge in [-0.3, -0.25) is 0 Å². The van der Waals surface area contributed by atoms with Gasteiger partial charge in [0.15, 0.2) is 0 Å². The van der Waals surface area contributed by atoms with Crippen LogP contribution in [0.1, 0.15) is 0 Å². The van der Waals surface area contributed by atoms with Crippen LogP contribution >= 0.6 is 0 Å². The van der Waals surface area contributed by atoms with Crippen molar-refractivity contribution >= 4 is 22.1 Å². The average molecular weight is 87.0 g/mol. The molecule has 30 valence electrons. The van der Waals surface area contributed by atoms with E-state index < -0.39 is 0 Å². The van der Waals surface area contributed by atoms with Crippen molar-refractivity contribution in [2.75, 3.05) is 0 Å². The van der Waals surface area contributed by atoms with Crippen molar-refractivity contribution in [3.05, 3.63) is 12.3 Å². The van der Waals surface area contributed by atoms with E-state index in [-0.39, 0.29) is 0 Å². The maximum atomic E-state index is 3.62. The number of hydrogen-bond donors (Lipinski definition) is 0. The molecule has 1 rings (SSSR count). The standard InChI is InChI=1S/C3H2N3.Li/c1-2-4-6-5-3-1;/h1-2H;. The molecule has 0 unspecified atom stereocenters. The maximum absolute atomic E-state index is 3.62. The third-order valence-corrected chi connectivity index (χ3v) is 0.637. The molecule has 1 aromatic rings. The van der Waals surface area contributed by atoms with Crippen molar-refractivity contribution in [3.63, 3.8) is 0 Å². The van der Waals surface area contributed by atoms with Gasteiger partial charge in [0, 0.05) is 0 Å². The summed E-state index contributed by atoms with van der Waals surface area (Å²) in [6, 6.07) is 1.80. The molecule has 4 heteroatoms. The molecule has 0 saturated heterocycles. The second-order valence-electron chi connectivity index (χ2n) is 1.26. The van der Waals surface area contributed by atoms with Crippen molar-refractivity contribution < 1.29 is 0 Å². The van der Waals surface area contributed by atoms with Crippen LogP contribution in [-0.4, -0.2) is 33.1 Å². The van der Waals surface area contributed by atoms with E-state index in [1.807, 2.05) is 17.7 Å². The van der Waals surface area contributed by atoms with Crippen molar-refractivity contribution in [3.8, 4) is 0 Å². The average Bonchev–Trinajstić information content (AvgIpc) is 1.69. The Morgan fingerprint density at radius 1 is 1.57 bits per heavy atom. The van der Waals surface area contributed by atoms with E-state index >= 15 is 0 Å². The molecular formula is C3H2LiN3. The van der Waals surface area contributed by atoms with Crippen LogP contribution in [0.4, 0.5) is 0 Å². The zero-order valence-corrected chi connectivity index (χ0v) is 4.00. The third kappa shape index (κ3) is 1.26. The molecule has 0 saturated carbocycles. The molecular weight excluding hydrogens is 85.0 g/mol. The van der Waals surface area contributed by atoms with E-state index in [9.17, 15) is 0 Å². The molecule has 0 bridgehead atoms. The minimum atomic E-state index is 0.898. The predicted octanol–water partition coefficient (Wildman–Crippen LogP) is -1.33. The van der Waals surface area contributed by atoms with Gasteiger partial charge >= 0.3 is 49.8 Å². The third-order valence-electron chi connectivity index (χ3n) is 0.637. The van der Waals surface area contributed by atoms with Crippen molar-refractivity contribution in [1.29, 1.82) is 0 Å². The quantitative estimate of drug-likeness (QED) is 0.368. The summed E-state index contributed by atoms with van der Waals surface area (Å²) in [6.07, 6.45) is 1.61. The van der Waals surface area contributed by atoms with Crippen LogP contribution in [-0.2, 0) is 0 Å². The number of rotatable bonds is 0. The Labute approximate surface area is 50.3 Å². The molecule has 0 atom stereocenters. The predicted molar refractivity (Wildman–Crippen MR) is 25.2 cm³/mol. The summed E-state index contributed by atoms with van der Waals surface area (Å²) in [5.41, 5.74) is 0. The summed E-state index contributed by atoms with van der Waals surface area (Å²) >= 11 is 1.87. The molecule has 0 aliphatic heterocycles. The fourth-order valence-corrected chi connectivity index (χ4v) is 0.301. The zero-order chi connectivity index (χ0) is 5.11.